The van der Waals surface area contributed by atoms with E-state index in [1.807, 2.05) is 13.0 Å². The summed E-state index contributed by atoms with van der Waals surface area (Å²) < 4.78 is 4.49. The van der Waals surface area contributed by atoms with Gasteiger partial charge >= 0.3 is 11.5 Å². The molecule has 0 fully saturated rings. The summed E-state index contributed by atoms with van der Waals surface area (Å²) in [5.74, 6) is -1.37. The molecule has 19 heavy (non-hydrogen) atoms. The first-order valence-corrected chi connectivity index (χ1v) is 5.51. The van der Waals surface area contributed by atoms with Crippen molar-refractivity contribution in [3.63, 3.8) is 0 Å². The highest BCUT2D eigenvalue weighted by molar-refractivity contribution is 5.90. The number of rotatable bonds is 2. The Morgan fingerprint density at radius 2 is 2.16 bits per heavy atom. The monoisotopic (exact) mass is 260 g/mol. The molecule has 0 aliphatic rings. The Bertz CT molecular complexity index is 691. The Morgan fingerprint density at radius 1 is 1.42 bits per heavy atom. The molecule has 1 aromatic heterocycles. The zero-order valence-corrected chi connectivity index (χ0v) is 10.4. The highest BCUT2D eigenvalue weighted by atomic mass is 16.5. The predicted octanol–water partition coefficient (Wildman–Crippen LogP) is 1.24. The van der Waals surface area contributed by atoms with E-state index in [9.17, 15) is 14.7 Å². The maximum Gasteiger partial charge on any atom is 0.358 e. The summed E-state index contributed by atoms with van der Waals surface area (Å²) in [6.45, 7) is 1.89. The van der Waals surface area contributed by atoms with Crippen LogP contribution in [-0.4, -0.2) is 28.2 Å². The Morgan fingerprint density at radius 3 is 2.79 bits per heavy atom. The number of benzene rings is 1. The van der Waals surface area contributed by atoms with Gasteiger partial charge < -0.3 is 14.8 Å². The number of carbonyl (C=O) groups is 1. The molecule has 98 valence electrons. The lowest BCUT2D eigenvalue weighted by atomic mass is 10.1. The number of nitrogens with one attached hydrogen (secondary N) is 1. The van der Waals surface area contributed by atoms with Crippen molar-refractivity contribution in [1.82, 2.24) is 9.97 Å². The molecule has 0 aliphatic heterocycles. The van der Waals surface area contributed by atoms with Crippen LogP contribution in [0.4, 0.5) is 0 Å². The molecule has 2 rings (SSSR count). The summed E-state index contributed by atoms with van der Waals surface area (Å²) >= 11 is 0. The first-order valence-electron chi connectivity index (χ1n) is 5.51. The van der Waals surface area contributed by atoms with E-state index in [1.165, 1.54) is 0 Å². The zero-order chi connectivity index (χ0) is 14.0. The molecule has 0 bridgehead atoms. The quantitative estimate of drug-likeness (QED) is 0.792. The van der Waals surface area contributed by atoms with Crippen LogP contribution < -0.4 is 5.56 Å². The van der Waals surface area contributed by atoms with Crippen LogP contribution in [0.2, 0.25) is 0 Å². The van der Waals surface area contributed by atoms with Crippen molar-refractivity contribution < 1.29 is 14.6 Å². The number of nitrogens with zero attached hydrogens (tertiary/aromatic N) is 1. The van der Waals surface area contributed by atoms with Crippen molar-refractivity contribution in [3.8, 4) is 17.1 Å². The lowest BCUT2D eigenvalue weighted by molar-refractivity contribution is 0.0590. The van der Waals surface area contributed by atoms with Gasteiger partial charge in [-0.25, -0.2) is 4.79 Å². The first kappa shape index (κ1) is 12.8. The van der Waals surface area contributed by atoms with Crippen molar-refractivity contribution >= 4 is 5.97 Å². The van der Waals surface area contributed by atoms with Crippen LogP contribution >= 0.6 is 0 Å². The van der Waals surface area contributed by atoms with Gasteiger partial charge in [0.2, 0.25) is 5.75 Å². The number of aromatic amines is 1. The molecule has 0 saturated heterocycles. The van der Waals surface area contributed by atoms with Crippen molar-refractivity contribution in [1.29, 1.82) is 0 Å². The molecule has 2 aromatic rings. The van der Waals surface area contributed by atoms with E-state index in [1.54, 1.807) is 18.2 Å². The highest BCUT2D eigenvalue weighted by Gasteiger charge is 2.18. The number of methoxy groups -OCH3 is 1. The molecule has 0 atom stereocenters. The Hall–Kier alpha value is -2.63. The number of aromatic hydroxyl groups is 1. The average Bonchev–Trinajstić information content (AvgIpc) is 2.40. The predicted molar refractivity (Wildman–Crippen MR) is 68.0 cm³/mol. The van der Waals surface area contributed by atoms with E-state index >= 15 is 0 Å². The van der Waals surface area contributed by atoms with Gasteiger partial charge in [-0.1, -0.05) is 23.8 Å². The van der Waals surface area contributed by atoms with Gasteiger partial charge in [-0.3, -0.25) is 4.79 Å². The third kappa shape index (κ3) is 2.47. The summed E-state index contributed by atoms with van der Waals surface area (Å²) in [6, 6.07) is 7.23. The second kappa shape index (κ2) is 4.93. The molecule has 0 unspecified atom stereocenters. The molecule has 6 nitrogen and oxygen atoms in total. The van der Waals surface area contributed by atoms with Gasteiger partial charge in [0, 0.05) is 5.56 Å². The van der Waals surface area contributed by atoms with Crippen LogP contribution in [0.1, 0.15) is 16.1 Å². The normalized spacial score (nSPS) is 10.2. The summed E-state index contributed by atoms with van der Waals surface area (Å²) in [4.78, 5) is 29.3. The molecule has 0 saturated carbocycles. The van der Waals surface area contributed by atoms with Gasteiger partial charge in [0.25, 0.3) is 0 Å². The second-order valence-corrected chi connectivity index (χ2v) is 3.98. The lowest BCUT2D eigenvalue weighted by Gasteiger charge is -2.06. The summed E-state index contributed by atoms with van der Waals surface area (Å²) in [7, 11) is 1.16. The Kier molecular flexibility index (Phi) is 3.33. The minimum Gasteiger partial charge on any atom is -0.501 e. The van der Waals surface area contributed by atoms with Crippen LogP contribution in [0.15, 0.2) is 29.1 Å². The number of carbonyl (C=O) groups excluding carboxylic acids is 1. The van der Waals surface area contributed by atoms with Crippen molar-refractivity contribution in [2.75, 3.05) is 7.11 Å². The second-order valence-electron chi connectivity index (χ2n) is 3.98. The van der Waals surface area contributed by atoms with Crippen LogP contribution in [0, 0.1) is 6.92 Å². The van der Waals surface area contributed by atoms with Crippen molar-refractivity contribution in [2.24, 2.45) is 0 Å². The fourth-order valence-electron chi connectivity index (χ4n) is 1.65. The van der Waals surface area contributed by atoms with Crippen molar-refractivity contribution in [3.05, 3.63) is 45.9 Å². The number of hydrogen-bond donors (Lipinski definition) is 2. The van der Waals surface area contributed by atoms with Gasteiger partial charge in [-0.2, -0.15) is 4.98 Å². The number of aryl methyl sites for hydroxylation is 1. The Labute approximate surface area is 108 Å². The van der Waals surface area contributed by atoms with E-state index < -0.39 is 17.3 Å². The molecule has 0 spiro atoms. The molecule has 2 N–H and O–H groups in total. The topological polar surface area (TPSA) is 92.3 Å². The third-order valence-electron chi connectivity index (χ3n) is 2.58. The molecule has 1 aromatic carbocycles. The van der Waals surface area contributed by atoms with Crippen LogP contribution in [0.5, 0.6) is 5.75 Å². The maximum absolute atomic E-state index is 11.6. The highest BCUT2D eigenvalue weighted by Crippen LogP contribution is 2.18. The SMILES string of the molecule is COC(=O)c1[nH]c(-c2cccc(C)c2)nc(=O)c1O. The van der Waals surface area contributed by atoms with Gasteiger partial charge in [-0.15, -0.1) is 0 Å². The van der Waals surface area contributed by atoms with Gasteiger partial charge in [-0.05, 0) is 13.0 Å². The summed E-state index contributed by atoms with van der Waals surface area (Å²) in [5, 5.41) is 9.52. The molecule has 0 radical (unpaired) electrons. The van der Waals surface area contributed by atoms with Crippen LogP contribution in [-0.2, 0) is 4.74 Å². The summed E-state index contributed by atoms with van der Waals surface area (Å²) in [6.07, 6.45) is 0. The average molecular weight is 260 g/mol. The number of esters is 1. The van der Waals surface area contributed by atoms with E-state index in [-0.39, 0.29) is 11.5 Å². The van der Waals surface area contributed by atoms with E-state index in [2.05, 4.69) is 14.7 Å². The third-order valence-corrected chi connectivity index (χ3v) is 2.58. The molecular weight excluding hydrogens is 248 g/mol. The number of H-pyrrole nitrogens is 1. The standard InChI is InChI=1S/C13H12N2O4/c1-7-4-3-5-8(6-7)11-14-9(13(18)19-2)10(16)12(17)15-11/h3-6,16H,1-2H3,(H,14,15,17). The van der Waals surface area contributed by atoms with Gasteiger partial charge in [0.15, 0.2) is 5.69 Å². The fourth-order valence-corrected chi connectivity index (χ4v) is 1.65. The number of hydrogen-bond acceptors (Lipinski definition) is 5. The lowest BCUT2D eigenvalue weighted by Crippen LogP contribution is -2.16. The smallest absolute Gasteiger partial charge is 0.358 e. The molecule has 6 heteroatoms. The first-order chi connectivity index (χ1) is 9.02. The molecule has 0 aliphatic carbocycles. The molecule has 1 heterocycles. The summed E-state index contributed by atoms with van der Waals surface area (Å²) in [5.41, 5.74) is 0.435. The minimum absolute atomic E-state index is 0.201. The van der Waals surface area contributed by atoms with Gasteiger partial charge in [0.1, 0.15) is 5.82 Å². The van der Waals surface area contributed by atoms with Crippen LogP contribution in [0.3, 0.4) is 0 Å². The molecule has 0 amide bonds. The van der Waals surface area contributed by atoms with Crippen LogP contribution in [0.25, 0.3) is 11.4 Å². The fraction of sp³-hybridized carbons (Fsp3) is 0.154. The number of ether oxygens (including phenoxy) is 1. The van der Waals surface area contributed by atoms with E-state index in [0.717, 1.165) is 12.7 Å². The van der Waals surface area contributed by atoms with Crippen molar-refractivity contribution in [2.45, 2.75) is 6.92 Å². The van der Waals surface area contributed by atoms with E-state index in [4.69, 9.17) is 0 Å². The van der Waals surface area contributed by atoms with E-state index in [0.29, 0.717) is 5.56 Å². The Balaban J connectivity index is 2.63. The number of aromatic nitrogens is 2. The molecular formula is C13H12N2O4. The maximum atomic E-state index is 11.6. The largest absolute Gasteiger partial charge is 0.501 e. The van der Waals surface area contributed by atoms with Gasteiger partial charge in [0.05, 0.1) is 7.11 Å². The zero-order valence-electron chi connectivity index (χ0n) is 10.4. The minimum atomic E-state index is -0.879.